The first kappa shape index (κ1) is 15.4. The van der Waals surface area contributed by atoms with Gasteiger partial charge >= 0.3 is 6.03 Å². The first-order valence-electron chi connectivity index (χ1n) is 6.70. The number of benzene rings is 2. The highest BCUT2D eigenvalue weighted by atomic mass is 35.5. The number of nitrogens with one attached hydrogen (secondary N) is 2. The van der Waals surface area contributed by atoms with E-state index < -0.39 is 0 Å². The maximum absolute atomic E-state index is 11.9. The van der Waals surface area contributed by atoms with E-state index in [9.17, 15) is 4.79 Å². The summed E-state index contributed by atoms with van der Waals surface area (Å²) in [5, 5.41) is 6.19. The van der Waals surface area contributed by atoms with Gasteiger partial charge in [0.25, 0.3) is 0 Å². The van der Waals surface area contributed by atoms with Crippen molar-refractivity contribution in [1.29, 1.82) is 0 Å². The molecule has 0 aliphatic rings. The van der Waals surface area contributed by atoms with Gasteiger partial charge in [-0.05, 0) is 36.2 Å². The van der Waals surface area contributed by atoms with Crippen LogP contribution in [0.4, 0.5) is 10.5 Å². The molecule has 21 heavy (non-hydrogen) atoms. The quantitative estimate of drug-likeness (QED) is 0.806. The first-order chi connectivity index (χ1) is 10.1. The SMILES string of the molecule is CC(N)c1cccc(NC(=O)NCc2ccccc2Cl)c1. The van der Waals surface area contributed by atoms with Crippen molar-refractivity contribution in [2.45, 2.75) is 19.5 Å². The zero-order chi connectivity index (χ0) is 15.2. The highest BCUT2D eigenvalue weighted by Gasteiger charge is 2.05. The van der Waals surface area contributed by atoms with Gasteiger partial charge in [0, 0.05) is 23.3 Å². The van der Waals surface area contributed by atoms with E-state index >= 15 is 0 Å². The molecule has 4 N–H and O–H groups in total. The van der Waals surface area contributed by atoms with Crippen LogP contribution >= 0.6 is 11.6 Å². The number of anilines is 1. The maximum Gasteiger partial charge on any atom is 0.319 e. The van der Waals surface area contributed by atoms with Gasteiger partial charge in [-0.25, -0.2) is 4.79 Å². The van der Waals surface area contributed by atoms with Crippen LogP contribution < -0.4 is 16.4 Å². The van der Waals surface area contributed by atoms with Crippen LogP contribution in [0.3, 0.4) is 0 Å². The van der Waals surface area contributed by atoms with Crippen molar-refractivity contribution in [3.8, 4) is 0 Å². The Hall–Kier alpha value is -2.04. The molecule has 2 rings (SSSR count). The molecule has 4 nitrogen and oxygen atoms in total. The second-order valence-corrected chi connectivity index (χ2v) is 5.22. The Kier molecular flexibility index (Phi) is 5.20. The number of halogens is 1. The number of urea groups is 1. The molecule has 0 spiro atoms. The third-order valence-electron chi connectivity index (χ3n) is 3.07. The van der Waals surface area contributed by atoms with Gasteiger partial charge in [0.1, 0.15) is 0 Å². The van der Waals surface area contributed by atoms with Crippen LogP contribution in [0.1, 0.15) is 24.1 Å². The van der Waals surface area contributed by atoms with Crippen molar-refractivity contribution in [2.24, 2.45) is 5.73 Å². The summed E-state index contributed by atoms with van der Waals surface area (Å²) in [6.07, 6.45) is 0. The summed E-state index contributed by atoms with van der Waals surface area (Å²) in [6.45, 7) is 2.27. The molecular formula is C16H18ClN3O. The summed E-state index contributed by atoms with van der Waals surface area (Å²) in [5.41, 5.74) is 8.38. The number of amides is 2. The summed E-state index contributed by atoms with van der Waals surface area (Å²) >= 11 is 6.04. The lowest BCUT2D eigenvalue weighted by Crippen LogP contribution is -2.28. The predicted molar refractivity (Wildman–Crippen MR) is 86.4 cm³/mol. The molecule has 0 aromatic heterocycles. The average Bonchev–Trinajstić information content (AvgIpc) is 2.46. The van der Waals surface area contributed by atoms with Gasteiger partial charge in [0.05, 0.1) is 0 Å². The van der Waals surface area contributed by atoms with Gasteiger partial charge in [-0.3, -0.25) is 0 Å². The van der Waals surface area contributed by atoms with E-state index in [2.05, 4.69) is 10.6 Å². The molecule has 0 fully saturated rings. The molecule has 2 aromatic carbocycles. The average molecular weight is 304 g/mol. The Labute approximate surface area is 129 Å². The van der Waals surface area contributed by atoms with E-state index in [1.54, 1.807) is 6.07 Å². The lowest BCUT2D eigenvalue weighted by Gasteiger charge is -2.11. The van der Waals surface area contributed by atoms with Gasteiger partial charge in [-0.2, -0.15) is 0 Å². The van der Waals surface area contributed by atoms with Crippen LogP contribution in [0, 0.1) is 0 Å². The second-order valence-electron chi connectivity index (χ2n) is 4.81. The Bertz CT molecular complexity index is 628. The van der Waals surface area contributed by atoms with Crippen LogP contribution in [-0.4, -0.2) is 6.03 Å². The fourth-order valence-corrected chi connectivity index (χ4v) is 2.09. The van der Waals surface area contributed by atoms with Gasteiger partial charge in [0.2, 0.25) is 0 Å². The van der Waals surface area contributed by atoms with Crippen LogP contribution in [0.5, 0.6) is 0 Å². The Morgan fingerprint density at radius 3 is 2.71 bits per heavy atom. The largest absolute Gasteiger partial charge is 0.334 e. The Balaban J connectivity index is 1.93. The smallest absolute Gasteiger partial charge is 0.319 e. The molecule has 2 aromatic rings. The highest BCUT2D eigenvalue weighted by molar-refractivity contribution is 6.31. The molecule has 0 aliphatic heterocycles. The molecule has 2 amide bonds. The summed E-state index contributed by atoms with van der Waals surface area (Å²) in [5.74, 6) is 0. The highest BCUT2D eigenvalue weighted by Crippen LogP contribution is 2.16. The molecular weight excluding hydrogens is 286 g/mol. The molecule has 5 heteroatoms. The Morgan fingerprint density at radius 1 is 1.24 bits per heavy atom. The van der Waals surface area contributed by atoms with Gasteiger partial charge in [-0.1, -0.05) is 41.9 Å². The van der Waals surface area contributed by atoms with Gasteiger partial charge in [-0.15, -0.1) is 0 Å². The molecule has 0 heterocycles. The van der Waals surface area contributed by atoms with Crippen molar-refractivity contribution in [3.63, 3.8) is 0 Å². The lowest BCUT2D eigenvalue weighted by atomic mass is 10.1. The fourth-order valence-electron chi connectivity index (χ4n) is 1.89. The Morgan fingerprint density at radius 2 is 2.00 bits per heavy atom. The predicted octanol–water partition coefficient (Wildman–Crippen LogP) is 3.68. The number of hydrogen-bond donors (Lipinski definition) is 3. The molecule has 110 valence electrons. The molecule has 0 bridgehead atoms. The number of carbonyl (C=O) groups is 1. The minimum absolute atomic E-state index is 0.0714. The first-order valence-corrected chi connectivity index (χ1v) is 7.08. The van der Waals surface area contributed by atoms with Crippen molar-refractivity contribution < 1.29 is 4.79 Å². The van der Waals surface area contributed by atoms with E-state index in [1.165, 1.54) is 0 Å². The van der Waals surface area contributed by atoms with E-state index in [-0.39, 0.29) is 12.1 Å². The topological polar surface area (TPSA) is 67.1 Å². The minimum atomic E-state index is -0.281. The van der Waals surface area contributed by atoms with E-state index in [1.807, 2.05) is 49.4 Å². The monoisotopic (exact) mass is 303 g/mol. The standard InChI is InChI=1S/C16H18ClN3O/c1-11(18)12-6-4-7-14(9-12)20-16(21)19-10-13-5-2-3-8-15(13)17/h2-9,11H,10,18H2,1H3,(H2,19,20,21). The zero-order valence-electron chi connectivity index (χ0n) is 11.8. The normalized spacial score (nSPS) is 11.8. The number of nitrogens with two attached hydrogens (primary N) is 1. The summed E-state index contributed by atoms with van der Waals surface area (Å²) in [4.78, 5) is 11.9. The van der Waals surface area contributed by atoms with Crippen LogP contribution in [0.25, 0.3) is 0 Å². The van der Waals surface area contributed by atoms with Crippen molar-refractivity contribution >= 4 is 23.3 Å². The van der Waals surface area contributed by atoms with Crippen molar-refractivity contribution in [1.82, 2.24) is 5.32 Å². The molecule has 0 saturated heterocycles. The van der Waals surface area contributed by atoms with Crippen molar-refractivity contribution in [2.75, 3.05) is 5.32 Å². The third kappa shape index (κ3) is 4.48. The number of rotatable bonds is 4. The van der Waals surface area contributed by atoms with E-state index in [0.717, 1.165) is 11.1 Å². The summed E-state index contributed by atoms with van der Waals surface area (Å²) in [7, 11) is 0. The number of hydrogen-bond acceptors (Lipinski definition) is 2. The summed E-state index contributed by atoms with van der Waals surface area (Å²) < 4.78 is 0. The second kappa shape index (κ2) is 7.11. The van der Waals surface area contributed by atoms with Crippen LogP contribution in [0.2, 0.25) is 5.02 Å². The zero-order valence-corrected chi connectivity index (χ0v) is 12.5. The van der Waals surface area contributed by atoms with E-state index in [0.29, 0.717) is 17.3 Å². The lowest BCUT2D eigenvalue weighted by molar-refractivity contribution is 0.251. The third-order valence-corrected chi connectivity index (χ3v) is 3.44. The van der Waals surface area contributed by atoms with Crippen LogP contribution in [-0.2, 0) is 6.54 Å². The van der Waals surface area contributed by atoms with Crippen molar-refractivity contribution in [3.05, 3.63) is 64.7 Å². The molecule has 0 radical (unpaired) electrons. The van der Waals surface area contributed by atoms with Gasteiger partial charge in [0.15, 0.2) is 0 Å². The number of carbonyl (C=O) groups excluding carboxylic acids is 1. The molecule has 1 atom stereocenters. The molecule has 1 unspecified atom stereocenters. The van der Waals surface area contributed by atoms with Crippen LogP contribution in [0.15, 0.2) is 48.5 Å². The van der Waals surface area contributed by atoms with E-state index in [4.69, 9.17) is 17.3 Å². The molecule has 0 aliphatic carbocycles. The maximum atomic E-state index is 11.9. The van der Waals surface area contributed by atoms with Gasteiger partial charge < -0.3 is 16.4 Å². The minimum Gasteiger partial charge on any atom is -0.334 e. The summed E-state index contributed by atoms with van der Waals surface area (Å²) in [6, 6.07) is 14.5. The fraction of sp³-hybridized carbons (Fsp3) is 0.188. The molecule has 0 saturated carbocycles.